The van der Waals surface area contributed by atoms with Crippen molar-refractivity contribution < 1.29 is 104 Å². The summed E-state index contributed by atoms with van der Waals surface area (Å²) in [6, 6.07) is 0. The smallest absolute Gasteiger partial charge is 0.335 e. The van der Waals surface area contributed by atoms with E-state index in [9.17, 15) is 70.9 Å². The van der Waals surface area contributed by atoms with Crippen LogP contribution in [0.1, 0.15) is 114 Å². The van der Waals surface area contributed by atoms with Gasteiger partial charge in [-0.25, -0.2) is 9.59 Å². The van der Waals surface area contributed by atoms with E-state index in [1.165, 1.54) is 6.92 Å². The third kappa shape index (κ3) is 8.96. The third-order valence-corrected chi connectivity index (χ3v) is 20.4. The van der Waals surface area contributed by atoms with Crippen LogP contribution in [0.25, 0.3) is 0 Å². The standard InChI is InChI=1S/C53H84O21/c1-11-22(2)44(67)68-21-53-25(18-48(4,5)19-29(53)55)24-12-13-28-50(8)16-15-30(49(6,7)27(50)14-17-51(28,9)52(24,10)41(63)42(53)64)71-47-40(74-46-36(61)34(59)32(57)26(20-54)70-46)38(37(62)39(73-47)43(65)66)72-45-35(60)33(58)31(56)23(3)69-45/h11-12,23,25-42,45-47,54-64H,13-21H2,1-10H3,(H,65,66)/b22-11-/t23-,25+,26+,27+,28+,29+,30-,31-,32+,33+,34+,35-,36+,37+,38+,39+,40-,41-,42+,45+,46-,47-,50-,51+,52-,53-/m0/s1. The van der Waals surface area contributed by atoms with Crippen molar-refractivity contribution in [2.24, 2.45) is 50.2 Å². The Morgan fingerprint density at radius 1 is 0.716 bits per heavy atom. The highest BCUT2D eigenvalue weighted by Gasteiger charge is 2.74. The van der Waals surface area contributed by atoms with Gasteiger partial charge in [0, 0.05) is 11.0 Å². The first-order valence-electron chi connectivity index (χ1n) is 26.5. The number of allylic oxidation sites excluding steroid dienone is 2. The van der Waals surface area contributed by atoms with E-state index in [1.54, 1.807) is 19.9 Å². The van der Waals surface area contributed by atoms with Crippen LogP contribution in [-0.2, 0) is 42.7 Å². The number of rotatable bonds is 11. The van der Waals surface area contributed by atoms with Crippen molar-refractivity contribution in [2.45, 2.75) is 231 Å². The first kappa shape index (κ1) is 57.9. The van der Waals surface area contributed by atoms with Crippen LogP contribution in [0.3, 0.4) is 0 Å². The van der Waals surface area contributed by atoms with Gasteiger partial charge in [0.25, 0.3) is 0 Å². The van der Waals surface area contributed by atoms with E-state index in [4.69, 9.17) is 33.2 Å². The molecule has 4 saturated carbocycles. The molecule has 422 valence electrons. The summed E-state index contributed by atoms with van der Waals surface area (Å²) in [4.78, 5) is 26.0. The first-order chi connectivity index (χ1) is 34.4. The molecule has 26 atom stereocenters. The SMILES string of the molecule is C/C=C(/C)C(=O)OC[C@@]12[C@H](O)CC(C)(C)C[C@@H]1C1=CC[C@@H]3[C@@]4(C)CC[C@H](O[C@H]5O[C@@H](C(=O)O)[C@H](O)[C@@H](O[C@H]6O[C@@H](C)[C@H](O)[C@@H](O)[C@@H]6O)[C@@H]5O[C@@H]5O[C@H](CO)[C@@H](O)[C@@H](O)[C@H]5O)C(C)(C)[C@H]4CC[C@@]3(C)[C@]1(C)[C@@H](O)[C@H]2O. The normalized spacial score (nSPS) is 52.1. The summed E-state index contributed by atoms with van der Waals surface area (Å²) in [6.07, 6.45) is -23.9. The fraction of sp³-hybridized carbons (Fsp3) is 0.887. The second-order valence-corrected chi connectivity index (χ2v) is 25.2. The van der Waals surface area contributed by atoms with Crippen LogP contribution in [0.5, 0.6) is 0 Å². The average Bonchev–Trinajstić information content (AvgIpc) is 3.33. The monoisotopic (exact) mass is 1060 g/mol. The number of carbonyl (C=O) groups is 2. The average molecular weight is 1060 g/mol. The molecule has 0 radical (unpaired) electrons. The minimum atomic E-state index is -2.11. The zero-order valence-corrected chi connectivity index (χ0v) is 44.3. The van der Waals surface area contributed by atoms with E-state index in [0.717, 1.165) is 5.57 Å². The number of carbonyl (C=O) groups excluding carboxylic acids is 1. The van der Waals surface area contributed by atoms with E-state index < -0.39 is 168 Å². The second-order valence-electron chi connectivity index (χ2n) is 25.2. The summed E-state index contributed by atoms with van der Waals surface area (Å²) in [5.41, 5.74) is -3.16. The van der Waals surface area contributed by atoms with Crippen molar-refractivity contribution in [2.75, 3.05) is 13.2 Å². The van der Waals surface area contributed by atoms with Gasteiger partial charge in [0.15, 0.2) is 25.0 Å². The van der Waals surface area contributed by atoms with Crippen molar-refractivity contribution in [3.63, 3.8) is 0 Å². The maximum atomic E-state index is 13.1. The van der Waals surface area contributed by atoms with Crippen molar-refractivity contribution >= 4 is 11.9 Å². The lowest BCUT2D eigenvalue weighted by Crippen LogP contribution is -2.74. The molecule has 12 N–H and O–H groups in total. The minimum Gasteiger partial charge on any atom is -0.479 e. The molecule has 3 heterocycles. The maximum Gasteiger partial charge on any atom is 0.335 e. The molecule has 3 saturated heterocycles. The molecule has 0 bridgehead atoms. The third-order valence-electron chi connectivity index (χ3n) is 20.4. The summed E-state index contributed by atoms with van der Waals surface area (Å²) >= 11 is 0. The van der Waals surface area contributed by atoms with Gasteiger partial charge in [-0.1, -0.05) is 66.2 Å². The molecule has 0 amide bonds. The van der Waals surface area contributed by atoms with Gasteiger partial charge in [-0.15, -0.1) is 0 Å². The number of esters is 1. The Morgan fingerprint density at radius 2 is 1.34 bits per heavy atom. The molecule has 74 heavy (non-hydrogen) atoms. The van der Waals surface area contributed by atoms with Crippen molar-refractivity contribution in [3.05, 3.63) is 23.3 Å². The highest BCUT2D eigenvalue weighted by Crippen LogP contribution is 2.76. The lowest BCUT2D eigenvalue weighted by molar-refractivity contribution is -0.395. The van der Waals surface area contributed by atoms with Crippen LogP contribution in [0.4, 0.5) is 0 Å². The van der Waals surface area contributed by atoms with E-state index in [0.29, 0.717) is 50.5 Å². The van der Waals surface area contributed by atoms with Crippen molar-refractivity contribution in [1.82, 2.24) is 0 Å². The van der Waals surface area contributed by atoms with Gasteiger partial charge in [-0.05, 0) is 105 Å². The predicted octanol–water partition coefficient (Wildman–Crippen LogP) is 0.163. The molecule has 0 spiro atoms. The number of aliphatic carboxylic acids is 1. The summed E-state index contributed by atoms with van der Waals surface area (Å²) in [7, 11) is 0. The Labute approximate surface area is 432 Å². The molecule has 5 aliphatic carbocycles. The number of ether oxygens (including phenoxy) is 7. The van der Waals surface area contributed by atoms with Gasteiger partial charge >= 0.3 is 11.9 Å². The molecular weight excluding hydrogens is 973 g/mol. The molecule has 8 rings (SSSR count). The van der Waals surface area contributed by atoms with Gasteiger partial charge in [0.05, 0.1) is 42.5 Å². The van der Waals surface area contributed by atoms with Gasteiger partial charge in [0.1, 0.15) is 67.6 Å². The number of fused-ring (bicyclic) bond motifs is 7. The van der Waals surface area contributed by atoms with Gasteiger partial charge in [-0.2, -0.15) is 0 Å². The van der Waals surface area contributed by atoms with Crippen LogP contribution < -0.4 is 0 Å². The topological polar surface area (TPSA) is 342 Å². The lowest BCUT2D eigenvalue weighted by Gasteiger charge is -2.73. The Balaban J connectivity index is 1.12. The van der Waals surface area contributed by atoms with Crippen LogP contribution in [0, 0.1) is 50.2 Å². The van der Waals surface area contributed by atoms with Crippen LogP contribution in [0.15, 0.2) is 23.3 Å². The number of carboxylic acids is 1. The number of carboxylic acid groups (broad SMARTS) is 1. The Hall–Kier alpha value is -2.26. The minimum absolute atomic E-state index is 0.0653. The highest BCUT2D eigenvalue weighted by molar-refractivity contribution is 5.87. The summed E-state index contributed by atoms with van der Waals surface area (Å²) in [5.74, 6) is -2.79. The Morgan fingerprint density at radius 3 is 1.96 bits per heavy atom. The molecule has 7 fully saturated rings. The van der Waals surface area contributed by atoms with Gasteiger partial charge < -0.3 is 94.4 Å². The fourth-order valence-electron chi connectivity index (χ4n) is 15.8. The summed E-state index contributed by atoms with van der Waals surface area (Å²) in [6.45, 7) is 18.4. The zero-order chi connectivity index (χ0) is 54.7. The number of hydrogen-bond acceptors (Lipinski definition) is 20. The molecule has 0 aromatic carbocycles. The molecule has 8 aliphatic rings. The summed E-state index contributed by atoms with van der Waals surface area (Å²) < 4.78 is 42.6. The van der Waals surface area contributed by atoms with Crippen molar-refractivity contribution in [3.8, 4) is 0 Å². The molecular formula is C53H84O21. The quantitative estimate of drug-likeness (QED) is 0.0568. The second kappa shape index (κ2) is 20.4. The Bertz CT molecular complexity index is 2130. The van der Waals surface area contributed by atoms with Crippen LogP contribution >= 0.6 is 0 Å². The van der Waals surface area contributed by atoms with E-state index in [1.807, 2.05) is 20.8 Å². The molecule has 0 aromatic rings. The summed E-state index contributed by atoms with van der Waals surface area (Å²) in [5, 5.41) is 134. The van der Waals surface area contributed by atoms with Crippen LogP contribution in [0.2, 0.25) is 0 Å². The molecule has 3 aliphatic heterocycles. The zero-order valence-electron chi connectivity index (χ0n) is 44.3. The number of aliphatic hydroxyl groups excluding tert-OH is 11. The van der Waals surface area contributed by atoms with E-state index in [-0.39, 0.29) is 23.9 Å². The number of hydrogen-bond donors (Lipinski definition) is 12. The molecule has 21 nitrogen and oxygen atoms in total. The predicted molar refractivity (Wildman–Crippen MR) is 257 cm³/mol. The van der Waals surface area contributed by atoms with E-state index >= 15 is 0 Å². The lowest BCUT2D eigenvalue weighted by atomic mass is 9.32. The Kier molecular flexibility index (Phi) is 16.0. The first-order valence-corrected chi connectivity index (χ1v) is 26.5. The highest BCUT2D eigenvalue weighted by atomic mass is 16.8. The number of aliphatic hydroxyl groups is 11. The van der Waals surface area contributed by atoms with Gasteiger partial charge in [0.2, 0.25) is 0 Å². The van der Waals surface area contributed by atoms with Crippen molar-refractivity contribution in [1.29, 1.82) is 0 Å². The fourth-order valence-corrected chi connectivity index (χ4v) is 15.8. The largest absolute Gasteiger partial charge is 0.479 e. The molecule has 0 unspecified atom stereocenters. The maximum absolute atomic E-state index is 13.1. The van der Waals surface area contributed by atoms with Gasteiger partial charge in [-0.3, -0.25) is 0 Å². The van der Waals surface area contributed by atoms with E-state index in [2.05, 4.69) is 33.8 Å². The molecule has 0 aromatic heterocycles. The molecule has 21 heteroatoms. The van der Waals surface area contributed by atoms with Crippen LogP contribution in [-0.4, -0.2) is 203 Å².